The van der Waals surface area contributed by atoms with Gasteiger partial charge in [-0.2, -0.15) is 0 Å². The Bertz CT molecular complexity index is 727. The summed E-state index contributed by atoms with van der Waals surface area (Å²) in [5.74, 6) is 1.37. The highest BCUT2D eigenvalue weighted by Crippen LogP contribution is 2.25. The van der Waals surface area contributed by atoms with Crippen LogP contribution in [0.3, 0.4) is 0 Å². The first kappa shape index (κ1) is 17.2. The number of carbonyl (C=O) groups excluding carboxylic acids is 1. The van der Waals surface area contributed by atoms with Crippen molar-refractivity contribution in [3.05, 3.63) is 47.9 Å². The van der Waals surface area contributed by atoms with Crippen LogP contribution in [0.25, 0.3) is 0 Å². The average Bonchev–Trinajstić information content (AvgIpc) is 2.65. The Morgan fingerprint density at radius 3 is 2.56 bits per heavy atom. The molecule has 132 valence electrons. The first-order valence-corrected chi connectivity index (χ1v) is 8.69. The van der Waals surface area contributed by atoms with Crippen molar-refractivity contribution in [1.82, 2.24) is 15.3 Å². The van der Waals surface area contributed by atoms with Gasteiger partial charge >= 0.3 is 0 Å². The van der Waals surface area contributed by atoms with Crippen molar-refractivity contribution in [2.75, 3.05) is 12.4 Å². The number of rotatable bonds is 5. The topological polar surface area (TPSA) is 76.1 Å². The minimum atomic E-state index is -0.0788. The summed E-state index contributed by atoms with van der Waals surface area (Å²) in [6.07, 6.45) is 7.28. The summed E-state index contributed by atoms with van der Waals surface area (Å²) in [7, 11) is 1.77. The van der Waals surface area contributed by atoms with Crippen LogP contribution in [-0.4, -0.2) is 35.1 Å². The van der Waals surface area contributed by atoms with Crippen molar-refractivity contribution in [2.24, 2.45) is 0 Å². The van der Waals surface area contributed by atoms with Crippen LogP contribution in [0.4, 0.5) is 5.82 Å². The Morgan fingerprint density at radius 1 is 1.12 bits per heavy atom. The maximum absolute atomic E-state index is 12.5. The minimum absolute atomic E-state index is 0.0788. The molecule has 2 aromatic rings. The molecule has 25 heavy (non-hydrogen) atoms. The normalized spacial score (nSPS) is 19.9. The van der Waals surface area contributed by atoms with Gasteiger partial charge in [-0.15, -0.1) is 0 Å². The Morgan fingerprint density at radius 2 is 1.84 bits per heavy atom. The first-order chi connectivity index (χ1) is 12.2. The standard InChI is InChI=1S/C19H24N4O2/c1-13-17(6-4-11-21-13)25-15-9-7-14(8-10-15)23-19(24)16-5-3-12-22-18(16)20-2/h3-6,11-12,14-15H,7-10H2,1-2H3,(H,20,22)(H,23,24). The highest BCUT2D eigenvalue weighted by Gasteiger charge is 2.25. The van der Waals surface area contributed by atoms with Gasteiger partial charge in [-0.05, 0) is 56.9 Å². The van der Waals surface area contributed by atoms with E-state index in [1.807, 2.05) is 19.1 Å². The van der Waals surface area contributed by atoms with Crippen LogP contribution < -0.4 is 15.4 Å². The van der Waals surface area contributed by atoms with Gasteiger partial charge in [0, 0.05) is 25.5 Å². The molecule has 1 saturated carbocycles. The summed E-state index contributed by atoms with van der Waals surface area (Å²) >= 11 is 0. The number of amides is 1. The van der Waals surface area contributed by atoms with Crippen LogP contribution in [0.2, 0.25) is 0 Å². The SMILES string of the molecule is CNc1ncccc1C(=O)NC1CCC(Oc2cccnc2C)CC1. The fourth-order valence-corrected chi connectivity index (χ4v) is 3.15. The van der Waals surface area contributed by atoms with Crippen molar-refractivity contribution >= 4 is 11.7 Å². The molecule has 2 heterocycles. The van der Waals surface area contributed by atoms with E-state index in [-0.39, 0.29) is 18.1 Å². The average molecular weight is 340 g/mol. The van der Waals surface area contributed by atoms with Crippen LogP contribution in [0.5, 0.6) is 5.75 Å². The first-order valence-electron chi connectivity index (χ1n) is 8.69. The smallest absolute Gasteiger partial charge is 0.255 e. The van der Waals surface area contributed by atoms with Crippen molar-refractivity contribution in [3.63, 3.8) is 0 Å². The molecule has 0 aromatic carbocycles. The fraction of sp³-hybridized carbons (Fsp3) is 0.421. The molecule has 0 spiro atoms. The molecule has 1 amide bonds. The molecule has 0 saturated heterocycles. The zero-order valence-corrected chi connectivity index (χ0v) is 14.7. The molecule has 6 nitrogen and oxygen atoms in total. The van der Waals surface area contributed by atoms with Gasteiger partial charge in [0.1, 0.15) is 11.6 Å². The number of nitrogens with one attached hydrogen (secondary N) is 2. The molecule has 0 unspecified atom stereocenters. The number of hydrogen-bond acceptors (Lipinski definition) is 5. The monoisotopic (exact) mass is 340 g/mol. The number of ether oxygens (including phenoxy) is 1. The van der Waals surface area contributed by atoms with Crippen LogP contribution >= 0.6 is 0 Å². The van der Waals surface area contributed by atoms with E-state index in [1.54, 1.807) is 31.6 Å². The predicted molar refractivity (Wildman–Crippen MR) is 96.9 cm³/mol. The minimum Gasteiger partial charge on any atom is -0.489 e. The zero-order valence-electron chi connectivity index (χ0n) is 14.7. The van der Waals surface area contributed by atoms with Crippen molar-refractivity contribution < 1.29 is 9.53 Å². The molecule has 1 aliphatic carbocycles. The number of aromatic nitrogens is 2. The summed E-state index contributed by atoms with van der Waals surface area (Å²) in [6.45, 7) is 1.95. The fourth-order valence-electron chi connectivity index (χ4n) is 3.15. The summed E-state index contributed by atoms with van der Waals surface area (Å²) in [5.41, 5.74) is 1.49. The molecule has 0 radical (unpaired) electrons. The summed E-state index contributed by atoms with van der Waals surface area (Å²) in [6, 6.07) is 7.58. The van der Waals surface area contributed by atoms with E-state index >= 15 is 0 Å². The Labute approximate surface area is 148 Å². The van der Waals surface area contributed by atoms with Crippen LogP contribution in [-0.2, 0) is 0 Å². The molecule has 2 aromatic heterocycles. The second-order valence-electron chi connectivity index (χ2n) is 6.30. The second-order valence-corrected chi connectivity index (χ2v) is 6.30. The molecule has 0 atom stereocenters. The molecule has 0 aliphatic heterocycles. The molecule has 2 N–H and O–H groups in total. The molecule has 6 heteroatoms. The highest BCUT2D eigenvalue weighted by molar-refractivity contribution is 5.98. The van der Waals surface area contributed by atoms with E-state index in [0.29, 0.717) is 11.4 Å². The lowest BCUT2D eigenvalue weighted by atomic mass is 9.92. The van der Waals surface area contributed by atoms with Crippen molar-refractivity contribution in [1.29, 1.82) is 0 Å². The maximum Gasteiger partial charge on any atom is 0.255 e. The Balaban J connectivity index is 1.52. The number of hydrogen-bond donors (Lipinski definition) is 2. The Kier molecular flexibility index (Phi) is 5.48. The lowest BCUT2D eigenvalue weighted by Crippen LogP contribution is -2.40. The number of carbonyl (C=O) groups is 1. The number of nitrogens with zero attached hydrogens (tertiary/aromatic N) is 2. The maximum atomic E-state index is 12.5. The van der Waals surface area contributed by atoms with Gasteiger partial charge in [0.15, 0.2) is 0 Å². The van der Waals surface area contributed by atoms with Crippen LogP contribution in [0, 0.1) is 6.92 Å². The summed E-state index contributed by atoms with van der Waals surface area (Å²) < 4.78 is 6.07. The van der Waals surface area contributed by atoms with Crippen LogP contribution in [0.15, 0.2) is 36.7 Å². The third-order valence-corrected chi connectivity index (χ3v) is 4.55. The van der Waals surface area contributed by atoms with Gasteiger partial charge in [-0.25, -0.2) is 4.98 Å². The van der Waals surface area contributed by atoms with Crippen molar-refractivity contribution in [3.8, 4) is 5.75 Å². The lowest BCUT2D eigenvalue weighted by molar-refractivity contribution is 0.0893. The Hall–Kier alpha value is -2.63. The lowest BCUT2D eigenvalue weighted by Gasteiger charge is -2.30. The zero-order chi connectivity index (χ0) is 17.6. The van der Waals surface area contributed by atoms with Gasteiger partial charge in [0.05, 0.1) is 17.4 Å². The van der Waals surface area contributed by atoms with Gasteiger partial charge in [-0.1, -0.05) is 0 Å². The van der Waals surface area contributed by atoms with E-state index in [1.165, 1.54) is 0 Å². The molecule has 3 rings (SSSR count). The summed E-state index contributed by atoms with van der Waals surface area (Å²) in [5, 5.41) is 6.07. The third-order valence-electron chi connectivity index (χ3n) is 4.55. The molecule has 1 fully saturated rings. The summed E-state index contributed by atoms with van der Waals surface area (Å²) in [4.78, 5) is 20.9. The molecule has 1 aliphatic rings. The van der Waals surface area contributed by atoms with E-state index in [2.05, 4.69) is 20.6 Å². The molecular weight excluding hydrogens is 316 g/mol. The second kappa shape index (κ2) is 7.96. The van der Waals surface area contributed by atoms with Gasteiger partial charge < -0.3 is 15.4 Å². The van der Waals surface area contributed by atoms with E-state index < -0.39 is 0 Å². The van der Waals surface area contributed by atoms with Gasteiger partial charge in [0.25, 0.3) is 5.91 Å². The highest BCUT2D eigenvalue weighted by atomic mass is 16.5. The van der Waals surface area contributed by atoms with Crippen molar-refractivity contribution in [2.45, 2.75) is 44.8 Å². The number of anilines is 1. The molecule has 0 bridgehead atoms. The van der Waals surface area contributed by atoms with E-state index in [9.17, 15) is 4.79 Å². The van der Waals surface area contributed by atoms with E-state index in [4.69, 9.17) is 4.74 Å². The quantitative estimate of drug-likeness (QED) is 0.875. The largest absolute Gasteiger partial charge is 0.489 e. The molecular formula is C19H24N4O2. The number of pyridine rings is 2. The van der Waals surface area contributed by atoms with Gasteiger partial charge in [0.2, 0.25) is 0 Å². The third kappa shape index (κ3) is 4.26. The van der Waals surface area contributed by atoms with Gasteiger partial charge in [-0.3, -0.25) is 9.78 Å². The van der Waals surface area contributed by atoms with Crippen LogP contribution in [0.1, 0.15) is 41.7 Å². The number of aryl methyl sites for hydroxylation is 1. The van der Waals surface area contributed by atoms with E-state index in [0.717, 1.165) is 37.1 Å². The predicted octanol–water partition coefficient (Wildman–Crippen LogP) is 2.95.